The van der Waals surface area contributed by atoms with Crippen molar-refractivity contribution in [3.63, 3.8) is 0 Å². The summed E-state index contributed by atoms with van der Waals surface area (Å²) < 4.78 is 11.9. The lowest BCUT2D eigenvalue weighted by atomic mass is 10.0. The normalized spacial score (nSPS) is 10.8. The van der Waals surface area contributed by atoms with E-state index in [-0.39, 0.29) is 23.7 Å². The minimum Gasteiger partial charge on any atom is -0.476 e. The number of benzene rings is 3. The van der Waals surface area contributed by atoms with Gasteiger partial charge in [0.25, 0.3) is 5.91 Å². The summed E-state index contributed by atoms with van der Waals surface area (Å²) in [5.41, 5.74) is 4.47. The van der Waals surface area contributed by atoms with E-state index in [9.17, 15) is 9.59 Å². The average molecular weight is 413 g/mol. The highest BCUT2D eigenvalue weighted by atomic mass is 16.5. The minimum absolute atomic E-state index is 0.0338. The third kappa shape index (κ3) is 4.36. The molecule has 0 fully saturated rings. The van der Waals surface area contributed by atoms with Gasteiger partial charge < -0.3 is 14.5 Å². The van der Waals surface area contributed by atoms with E-state index < -0.39 is 0 Å². The highest BCUT2D eigenvalue weighted by Gasteiger charge is 2.20. The van der Waals surface area contributed by atoms with E-state index in [0.717, 1.165) is 16.7 Å². The first-order chi connectivity index (χ1) is 14.9. The SMILES string of the molecule is Cc1ccc(-c2oc3cc(C)cc(C)c3c(=O)c2OCC(=O)Nc2ccccc2)cc1. The molecule has 0 spiro atoms. The highest BCUT2D eigenvalue weighted by Crippen LogP contribution is 2.32. The predicted molar refractivity (Wildman–Crippen MR) is 123 cm³/mol. The van der Waals surface area contributed by atoms with Crippen LogP contribution >= 0.6 is 0 Å². The summed E-state index contributed by atoms with van der Waals surface area (Å²) in [6.45, 7) is 5.49. The first kappa shape index (κ1) is 20.4. The molecule has 0 radical (unpaired) electrons. The molecule has 0 aliphatic carbocycles. The first-order valence-electron chi connectivity index (χ1n) is 10.0. The van der Waals surface area contributed by atoms with Crippen molar-refractivity contribution in [3.05, 3.63) is 93.6 Å². The lowest BCUT2D eigenvalue weighted by Crippen LogP contribution is -2.22. The zero-order chi connectivity index (χ0) is 22.0. The first-order valence-corrected chi connectivity index (χ1v) is 10.0. The summed E-state index contributed by atoms with van der Waals surface area (Å²) in [5, 5.41) is 3.22. The topological polar surface area (TPSA) is 68.5 Å². The van der Waals surface area contributed by atoms with Gasteiger partial charge in [-0.3, -0.25) is 9.59 Å². The molecule has 5 nitrogen and oxygen atoms in total. The smallest absolute Gasteiger partial charge is 0.262 e. The second kappa shape index (κ2) is 8.48. The maximum Gasteiger partial charge on any atom is 0.262 e. The fraction of sp³-hybridized carbons (Fsp3) is 0.154. The van der Waals surface area contributed by atoms with Gasteiger partial charge in [-0.2, -0.15) is 0 Å². The largest absolute Gasteiger partial charge is 0.476 e. The molecule has 4 aromatic rings. The van der Waals surface area contributed by atoms with E-state index in [2.05, 4.69) is 5.32 Å². The number of amides is 1. The van der Waals surface area contributed by atoms with Crippen LogP contribution in [0.1, 0.15) is 16.7 Å². The third-order valence-electron chi connectivity index (χ3n) is 5.01. The van der Waals surface area contributed by atoms with E-state index in [1.807, 2.05) is 75.4 Å². The van der Waals surface area contributed by atoms with Gasteiger partial charge in [-0.25, -0.2) is 0 Å². The lowest BCUT2D eigenvalue weighted by Gasteiger charge is -2.13. The quantitative estimate of drug-likeness (QED) is 0.475. The molecule has 0 saturated carbocycles. The van der Waals surface area contributed by atoms with Gasteiger partial charge in [0.15, 0.2) is 12.4 Å². The molecule has 1 aromatic heterocycles. The molecule has 4 rings (SSSR count). The Labute approximate surface area is 180 Å². The highest BCUT2D eigenvalue weighted by molar-refractivity contribution is 5.92. The van der Waals surface area contributed by atoms with Crippen LogP contribution in [0.25, 0.3) is 22.3 Å². The molecule has 5 heteroatoms. The van der Waals surface area contributed by atoms with Gasteiger partial charge in [0, 0.05) is 11.3 Å². The van der Waals surface area contributed by atoms with Crippen molar-refractivity contribution in [2.45, 2.75) is 20.8 Å². The zero-order valence-electron chi connectivity index (χ0n) is 17.7. The fourth-order valence-corrected chi connectivity index (χ4v) is 3.56. The van der Waals surface area contributed by atoms with Crippen LogP contribution in [0.2, 0.25) is 0 Å². The Balaban J connectivity index is 1.75. The number of carbonyl (C=O) groups excluding carboxylic acids is 1. The monoisotopic (exact) mass is 413 g/mol. The maximum atomic E-state index is 13.4. The number of rotatable bonds is 5. The molecule has 31 heavy (non-hydrogen) atoms. The number of anilines is 1. The second-order valence-corrected chi connectivity index (χ2v) is 7.61. The molecule has 0 unspecified atom stereocenters. The Morgan fingerprint density at radius 3 is 2.35 bits per heavy atom. The summed E-state index contributed by atoms with van der Waals surface area (Å²) in [6.07, 6.45) is 0. The van der Waals surface area contributed by atoms with Gasteiger partial charge in [0.2, 0.25) is 11.2 Å². The number of carbonyl (C=O) groups is 1. The van der Waals surface area contributed by atoms with Crippen molar-refractivity contribution in [2.75, 3.05) is 11.9 Å². The Morgan fingerprint density at radius 1 is 0.935 bits per heavy atom. The zero-order valence-corrected chi connectivity index (χ0v) is 17.7. The standard InChI is InChI=1S/C26H23NO4/c1-16-9-11-19(12-10-16)25-26(30-15-22(28)27-20-7-5-4-6-8-20)24(29)23-18(3)13-17(2)14-21(23)31-25/h4-14H,15H2,1-3H3,(H,27,28). The number of fused-ring (bicyclic) bond motifs is 1. The number of aryl methyl sites for hydroxylation is 3. The van der Waals surface area contributed by atoms with Crippen LogP contribution in [0.4, 0.5) is 5.69 Å². The van der Waals surface area contributed by atoms with Gasteiger partial charge in [0.05, 0.1) is 5.39 Å². The van der Waals surface area contributed by atoms with Gasteiger partial charge in [-0.15, -0.1) is 0 Å². The number of hydrogen-bond acceptors (Lipinski definition) is 4. The average Bonchev–Trinajstić information content (AvgIpc) is 2.73. The summed E-state index contributed by atoms with van der Waals surface area (Å²) in [4.78, 5) is 25.8. The van der Waals surface area contributed by atoms with Gasteiger partial charge in [0.1, 0.15) is 5.58 Å². The molecule has 3 aromatic carbocycles. The van der Waals surface area contributed by atoms with Crippen molar-refractivity contribution in [1.29, 1.82) is 0 Å². The molecule has 1 heterocycles. The van der Waals surface area contributed by atoms with Gasteiger partial charge in [-0.1, -0.05) is 54.1 Å². The Bertz CT molecular complexity index is 1310. The molecular weight excluding hydrogens is 390 g/mol. The Kier molecular flexibility index (Phi) is 5.58. The summed E-state index contributed by atoms with van der Waals surface area (Å²) in [7, 11) is 0. The lowest BCUT2D eigenvalue weighted by molar-refractivity contribution is -0.118. The van der Waals surface area contributed by atoms with Crippen LogP contribution in [0.5, 0.6) is 5.75 Å². The Morgan fingerprint density at radius 2 is 1.65 bits per heavy atom. The molecule has 156 valence electrons. The van der Waals surface area contributed by atoms with Crippen LogP contribution in [0.15, 0.2) is 75.9 Å². The number of para-hydroxylation sites is 1. The van der Waals surface area contributed by atoms with Crippen molar-refractivity contribution in [3.8, 4) is 17.1 Å². The van der Waals surface area contributed by atoms with Crippen molar-refractivity contribution in [2.24, 2.45) is 0 Å². The van der Waals surface area contributed by atoms with Crippen LogP contribution < -0.4 is 15.5 Å². The van der Waals surface area contributed by atoms with Crippen LogP contribution in [0.3, 0.4) is 0 Å². The second-order valence-electron chi connectivity index (χ2n) is 7.61. The number of hydrogen-bond donors (Lipinski definition) is 1. The molecule has 1 amide bonds. The van der Waals surface area contributed by atoms with E-state index >= 15 is 0 Å². The van der Waals surface area contributed by atoms with Gasteiger partial charge >= 0.3 is 0 Å². The number of nitrogens with one attached hydrogen (secondary N) is 1. The summed E-state index contributed by atoms with van der Waals surface area (Å²) in [6, 6.07) is 20.5. The summed E-state index contributed by atoms with van der Waals surface area (Å²) in [5.74, 6) is -0.0114. The molecule has 0 bridgehead atoms. The van der Waals surface area contributed by atoms with E-state index in [0.29, 0.717) is 28.0 Å². The fourth-order valence-electron chi connectivity index (χ4n) is 3.56. The molecular formula is C26H23NO4. The Hall–Kier alpha value is -3.86. The van der Waals surface area contributed by atoms with Gasteiger partial charge in [-0.05, 0) is 50.1 Å². The third-order valence-corrected chi connectivity index (χ3v) is 5.01. The van der Waals surface area contributed by atoms with E-state index in [4.69, 9.17) is 9.15 Å². The van der Waals surface area contributed by atoms with Crippen molar-refractivity contribution < 1.29 is 13.9 Å². The predicted octanol–water partition coefficient (Wildman–Crippen LogP) is 5.40. The van der Waals surface area contributed by atoms with Crippen LogP contribution in [-0.4, -0.2) is 12.5 Å². The van der Waals surface area contributed by atoms with Crippen molar-refractivity contribution in [1.82, 2.24) is 0 Å². The van der Waals surface area contributed by atoms with E-state index in [1.165, 1.54) is 0 Å². The maximum absolute atomic E-state index is 13.4. The van der Waals surface area contributed by atoms with E-state index in [1.54, 1.807) is 12.1 Å². The molecule has 0 aliphatic heterocycles. The van der Waals surface area contributed by atoms with Crippen LogP contribution in [0, 0.1) is 20.8 Å². The molecule has 0 atom stereocenters. The molecule has 0 aliphatic rings. The molecule has 1 N–H and O–H groups in total. The minimum atomic E-state index is -0.360. The number of ether oxygens (including phenoxy) is 1. The van der Waals surface area contributed by atoms with Crippen LogP contribution in [-0.2, 0) is 4.79 Å². The molecule has 0 saturated heterocycles. The summed E-state index contributed by atoms with van der Waals surface area (Å²) >= 11 is 0. The van der Waals surface area contributed by atoms with Crippen molar-refractivity contribution >= 4 is 22.6 Å².